The molecule has 2 aromatic rings. The van der Waals surface area contributed by atoms with E-state index < -0.39 is 29.9 Å². The van der Waals surface area contributed by atoms with Crippen LogP contribution in [0.4, 0.5) is 20.2 Å². The Morgan fingerprint density at radius 1 is 0.905 bits per heavy atom. The quantitative estimate of drug-likeness (QED) is 0.879. The van der Waals surface area contributed by atoms with Crippen molar-refractivity contribution in [3.05, 3.63) is 60.2 Å². The van der Waals surface area contributed by atoms with E-state index in [4.69, 9.17) is 5.73 Å². The van der Waals surface area contributed by atoms with Crippen molar-refractivity contribution >= 4 is 23.2 Å². The molecule has 0 atom stereocenters. The molecule has 0 fully saturated rings. The van der Waals surface area contributed by atoms with Gasteiger partial charge in [-0.1, -0.05) is 24.3 Å². The number of hydrogen-bond acceptors (Lipinski definition) is 2. The number of anilines is 2. The van der Waals surface area contributed by atoms with Gasteiger partial charge in [-0.3, -0.25) is 14.5 Å². The smallest absolute Gasteiger partial charge is 0.241 e. The third-order valence-electron chi connectivity index (χ3n) is 2.76. The van der Waals surface area contributed by atoms with Crippen LogP contribution in [0.1, 0.15) is 6.42 Å². The lowest BCUT2D eigenvalue weighted by Gasteiger charge is -2.23. The summed E-state index contributed by atoms with van der Waals surface area (Å²) in [4.78, 5) is 23.9. The summed E-state index contributed by atoms with van der Waals surface area (Å²) in [5, 5.41) is 0. The summed E-state index contributed by atoms with van der Waals surface area (Å²) in [5.41, 5.74) is 4.70. The third-order valence-corrected chi connectivity index (χ3v) is 2.76. The third kappa shape index (κ3) is 3.22. The zero-order valence-electron chi connectivity index (χ0n) is 10.9. The topological polar surface area (TPSA) is 63.4 Å². The molecule has 2 aromatic carbocycles. The van der Waals surface area contributed by atoms with E-state index in [1.165, 1.54) is 36.4 Å². The maximum Gasteiger partial charge on any atom is 0.241 e. The predicted molar refractivity (Wildman–Crippen MR) is 73.8 cm³/mol. The van der Waals surface area contributed by atoms with Crippen LogP contribution in [0.3, 0.4) is 0 Å². The van der Waals surface area contributed by atoms with Gasteiger partial charge in [0.25, 0.3) is 0 Å². The van der Waals surface area contributed by atoms with Gasteiger partial charge in [-0.05, 0) is 24.3 Å². The highest BCUT2D eigenvalue weighted by molar-refractivity contribution is 6.08. The van der Waals surface area contributed by atoms with E-state index >= 15 is 0 Å². The minimum atomic E-state index is -0.877. The first-order valence-corrected chi connectivity index (χ1v) is 6.11. The molecule has 0 aliphatic rings. The fourth-order valence-corrected chi connectivity index (χ4v) is 1.89. The Balaban J connectivity index is 2.55. The van der Waals surface area contributed by atoms with Gasteiger partial charge in [0.15, 0.2) is 0 Å². The summed E-state index contributed by atoms with van der Waals surface area (Å²) < 4.78 is 27.8. The fraction of sp³-hybridized carbons (Fsp3) is 0.0667. The summed E-state index contributed by atoms with van der Waals surface area (Å²) in [7, 11) is 0. The second kappa shape index (κ2) is 6.13. The van der Waals surface area contributed by atoms with Gasteiger partial charge in [-0.2, -0.15) is 0 Å². The number of amides is 2. The Morgan fingerprint density at radius 2 is 1.33 bits per heavy atom. The lowest BCUT2D eigenvalue weighted by molar-refractivity contribution is -0.125. The molecule has 6 heteroatoms. The number of benzene rings is 2. The van der Waals surface area contributed by atoms with Gasteiger partial charge >= 0.3 is 0 Å². The summed E-state index contributed by atoms with van der Waals surface area (Å²) in [6.07, 6.45) is -0.650. The van der Waals surface area contributed by atoms with Gasteiger partial charge in [0, 0.05) is 0 Å². The van der Waals surface area contributed by atoms with Crippen LogP contribution in [0, 0.1) is 11.6 Å². The van der Waals surface area contributed by atoms with Crippen LogP contribution in [0.2, 0.25) is 0 Å². The molecule has 2 amide bonds. The SMILES string of the molecule is NC(=O)CC(=O)N(c1ccccc1F)c1ccccc1F. The number of nitrogens with two attached hydrogens (primary N) is 1. The summed E-state index contributed by atoms with van der Waals surface area (Å²) >= 11 is 0. The van der Waals surface area contributed by atoms with Crippen LogP contribution in [-0.4, -0.2) is 11.8 Å². The first-order valence-electron chi connectivity index (χ1n) is 6.11. The summed E-state index contributed by atoms with van der Waals surface area (Å²) in [6, 6.07) is 10.8. The minimum absolute atomic E-state index is 0.145. The van der Waals surface area contributed by atoms with Crippen LogP contribution in [0.25, 0.3) is 0 Å². The number of hydrogen-bond donors (Lipinski definition) is 1. The van der Waals surface area contributed by atoms with E-state index in [-0.39, 0.29) is 11.4 Å². The zero-order valence-corrected chi connectivity index (χ0v) is 10.9. The van der Waals surface area contributed by atoms with Crippen LogP contribution in [0.5, 0.6) is 0 Å². The summed E-state index contributed by atoms with van der Waals surface area (Å²) in [6.45, 7) is 0. The van der Waals surface area contributed by atoms with Crippen molar-refractivity contribution in [2.75, 3.05) is 4.90 Å². The average molecular weight is 290 g/mol. The maximum atomic E-state index is 13.9. The van der Waals surface area contributed by atoms with Crippen molar-refractivity contribution < 1.29 is 18.4 Å². The van der Waals surface area contributed by atoms with Gasteiger partial charge < -0.3 is 5.73 Å². The van der Waals surface area contributed by atoms with Crippen LogP contribution in [0.15, 0.2) is 48.5 Å². The Bertz CT molecular complexity index is 643. The minimum Gasteiger partial charge on any atom is -0.369 e. The van der Waals surface area contributed by atoms with Gasteiger partial charge in [0.05, 0.1) is 11.4 Å². The Labute approximate surface area is 119 Å². The molecule has 0 aromatic heterocycles. The van der Waals surface area contributed by atoms with Crippen LogP contribution in [-0.2, 0) is 9.59 Å². The Hall–Kier alpha value is -2.76. The van der Waals surface area contributed by atoms with E-state index in [1.54, 1.807) is 0 Å². The molecule has 4 nitrogen and oxygen atoms in total. The summed E-state index contributed by atoms with van der Waals surface area (Å²) in [5.74, 6) is -3.10. The van der Waals surface area contributed by atoms with Crippen LogP contribution >= 0.6 is 0 Å². The molecule has 0 bridgehead atoms. The molecule has 0 unspecified atom stereocenters. The molecule has 0 saturated carbocycles. The molecular formula is C15H12F2N2O2. The van der Waals surface area contributed by atoms with Crippen molar-refractivity contribution in [3.63, 3.8) is 0 Å². The lowest BCUT2D eigenvalue weighted by atomic mass is 10.2. The van der Waals surface area contributed by atoms with Crippen LogP contribution < -0.4 is 10.6 Å². The Kier molecular flexibility index (Phi) is 4.27. The number of para-hydroxylation sites is 2. The zero-order chi connectivity index (χ0) is 15.4. The fourth-order valence-electron chi connectivity index (χ4n) is 1.89. The number of rotatable bonds is 4. The normalized spacial score (nSPS) is 10.2. The molecule has 0 aliphatic heterocycles. The molecule has 0 aliphatic carbocycles. The van der Waals surface area contributed by atoms with E-state index in [0.29, 0.717) is 0 Å². The first-order chi connectivity index (χ1) is 10.0. The van der Waals surface area contributed by atoms with Crippen molar-refractivity contribution in [1.82, 2.24) is 0 Å². The standard InChI is InChI=1S/C15H12F2N2O2/c16-10-5-1-3-7-12(10)19(15(21)9-14(18)20)13-8-4-2-6-11(13)17/h1-8H,9H2,(H2,18,20). The van der Waals surface area contributed by atoms with Gasteiger partial charge in [0.1, 0.15) is 18.1 Å². The molecule has 0 spiro atoms. The van der Waals surface area contributed by atoms with Crippen molar-refractivity contribution in [1.29, 1.82) is 0 Å². The molecular weight excluding hydrogens is 278 g/mol. The van der Waals surface area contributed by atoms with E-state index in [0.717, 1.165) is 17.0 Å². The lowest BCUT2D eigenvalue weighted by Crippen LogP contribution is -2.31. The van der Waals surface area contributed by atoms with E-state index in [9.17, 15) is 18.4 Å². The highest BCUT2D eigenvalue weighted by Gasteiger charge is 2.24. The molecule has 0 saturated heterocycles. The van der Waals surface area contributed by atoms with Gasteiger partial charge in [0.2, 0.25) is 11.8 Å². The molecule has 108 valence electrons. The number of carbonyl (C=O) groups is 2. The number of primary amides is 1. The van der Waals surface area contributed by atoms with Crippen molar-refractivity contribution in [3.8, 4) is 0 Å². The number of nitrogens with zero attached hydrogens (tertiary/aromatic N) is 1. The largest absolute Gasteiger partial charge is 0.369 e. The van der Waals surface area contributed by atoms with Crippen molar-refractivity contribution in [2.45, 2.75) is 6.42 Å². The van der Waals surface area contributed by atoms with E-state index in [1.807, 2.05) is 0 Å². The Morgan fingerprint density at radius 3 is 1.71 bits per heavy atom. The molecule has 21 heavy (non-hydrogen) atoms. The number of carbonyl (C=O) groups excluding carboxylic acids is 2. The predicted octanol–water partition coefficient (Wildman–Crippen LogP) is 2.50. The van der Waals surface area contributed by atoms with E-state index in [2.05, 4.69) is 0 Å². The average Bonchev–Trinajstić information content (AvgIpc) is 2.42. The molecule has 0 heterocycles. The second-order valence-electron chi connectivity index (χ2n) is 4.28. The van der Waals surface area contributed by atoms with Crippen molar-refractivity contribution in [2.24, 2.45) is 5.73 Å². The highest BCUT2D eigenvalue weighted by atomic mass is 19.1. The molecule has 0 radical (unpaired) electrons. The van der Waals surface area contributed by atoms with Gasteiger partial charge in [-0.15, -0.1) is 0 Å². The monoisotopic (exact) mass is 290 g/mol. The van der Waals surface area contributed by atoms with Gasteiger partial charge in [-0.25, -0.2) is 8.78 Å². The maximum absolute atomic E-state index is 13.9. The second-order valence-corrected chi connectivity index (χ2v) is 4.28. The first kappa shape index (κ1) is 14.6. The molecule has 2 rings (SSSR count). The molecule has 2 N–H and O–H groups in total. The highest BCUT2D eigenvalue weighted by Crippen LogP contribution is 2.30. The number of halogens is 2.